The first kappa shape index (κ1) is 20.9. The lowest BCUT2D eigenvalue weighted by molar-refractivity contribution is -0.385. The monoisotopic (exact) mass is 417 g/mol. The van der Waals surface area contributed by atoms with Crippen LogP contribution in [0.1, 0.15) is 43.5 Å². The third-order valence-electron chi connectivity index (χ3n) is 5.15. The van der Waals surface area contributed by atoms with Crippen LogP contribution in [0.5, 0.6) is 0 Å². The Morgan fingerprint density at radius 1 is 1.07 bits per heavy atom. The van der Waals surface area contributed by atoms with Gasteiger partial charge in [-0.05, 0) is 57.0 Å². The molecule has 29 heavy (non-hydrogen) atoms. The zero-order valence-electron chi connectivity index (χ0n) is 16.2. The predicted octanol–water partition coefficient (Wildman–Crippen LogP) is 3.80. The van der Waals surface area contributed by atoms with Gasteiger partial charge in [0.15, 0.2) is 0 Å². The highest BCUT2D eigenvalue weighted by Gasteiger charge is 2.35. The molecular formula is C20H23N3O5S. The van der Waals surface area contributed by atoms with Crippen molar-refractivity contribution in [2.45, 2.75) is 50.1 Å². The van der Waals surface area contributed by atoms with E-state index in [4.69, 9.17) is 0 Å². The smallest absolute Gasteiger partial charge is 0.282 e. The van der Waals surface area contributed by atoms with Crippen LogP contribution in [0.4, 0.5) is 11.4 Å². The minimum Gasteiger partial charge on any atom is -0.322 e. The van der Waals surface area contributed by atoms with Crippen molar-refractivity contribution in [3.8, 4) is 0 Å². The van der Waals surface area contributed by atoms with Crippen molar-refractivity contribution in [2.24, 2.45) is 0 Å². The number of rotatable bonds is 5. The van der Waals surface area contributed by atoms with Gasteiger partial charge in [0, 0.05) is 23.8 Å². The van der Waals surface area contributed by atoms with Crippen LogP contribution in [0.25, 0.3) is 0 Å². The van der Waals surface area contributed by atoms with Crippen molar-refractivity contribution < 1.29 is 18.1 Å². The number of anilines is 1. The van der Waals surface area contributed by atoms with Gasteiger partial charge in [-0.15, -0.1) is 0 Å². The molecule has 1 aliphatic heterocycles. The van der Waals surface area contributed by atoms with Gasteiger partial charge in [0.25, 0.3) is 11.6 Å². The number of nitro groups is 1. The molecule has 1 saturated heterocycles. The summed E-state index contributed by atoms with van der Waals surface area (Å²) < 4.78 is 27.6. The molecule has 2 unspecified atom stereocenters. The van der Waals surface area contributed by atoms with E-state index in [2.05, 4.69) is 5.32 Å². The topological polar surface area (TPSA) is 110 Å². The van der Waals surface area contributed by atoms with E-state index in [-0.39, 0.29) is 28.2 Å². The van der Waals surface area contributed by atoms with Crippen LogP contribution in [0.2, 0.25) is 0 Å². The van der Waals surface area contributed by atoms with E-state index in [0.29, 0.717) is 5.69 Å². The summed E-state index contributed by atoms with van der Waals surface area (Å²) in [4.78, 5) is 23.0. The first-order valence-corrected chi connectivity index (χ1v) is 10.8. The highest BCUT2D eigenvalue weighted by Crippen LogP contribution is 2.30. The quantitative estimate of drug-likeness (QED) is 0.588. The van der Waals surface area contributed by atoms with Crippen LogP contribution in [0, 0.1) is 10.1 Å². The van der Waals surface area contributed by atoms with Crippen LogP contribution < -0.4 is 5.32 Å². The van der Waals surface area contributed by atoms with Gasteiger partial charge in [0.1, 0.15) is 5.56 Å². The van der Waals surface area contributed by atoms with Crippen molar-refractivity contribution in [2.75, 3.05) is 5.32 Å². The van der Waals surface area contributed by atoms with Gasteiger partial charge in [-0.2, -0.15) is 4.31 Å². The first-order valence-electron chi connectivity index (χ1n) is 9.40. The van der Waals surface area contributed by atoms with Gasteiger partial charge in [-0.1, -0.05) is 18.6 Å². The standard InChI is InChI=1S/C20H23N3O5S/c1-14-6-5-7-15(2)22(14)29(27,28)17-12-10-16(11-13-17)21-20(24)18-8-3-4-9-19(18)23(25)26/h3-4,8-15H,5-7H2,1-2H3,(H,21,24). The number of hydrogen-bond donors (Lipinski definition) is 1. The number of nitro benzene ring substituents is 1. The number of nitrogens with one attached hydrogen (secondary N) is 1. The van der Waals surface area contributed by atoms with Gasteiger partial charge in [0.2, 0.25) is 10.0 Å². The summed E-state index contributed by atoms with van der Waals surface area (Å²) in [6, 6.07) is 11.4. The molecule has 1 aliphatic rings. The Kier molecular flexibility index (Phi) is 5.99. The average Bonchev–Trinajstić information content (AvgIpc) is 2.68. The third-order valence-corrected chi connectivity index (χ3v) is 7.29. The van der Waals surface area contributed by atoms with Gasteiger partial charge < -0.3 is 5.32 Å². The molecule has 0 spiro atoms. The second-order valence-corrected chi connectivity index (χ2v) is 9.06. The van der Waals surface area contributed by atoms with Crippen molar-refractivity contribution in [3.05, 3.63) is 64.2 Å². The fourth-order valence-corrected chi connectivity index (χ4v) is 5.61. The SMILES string of the molecule is CC1CCCC(C)N1S(=O)(=O)c1ccc(NC(=O)c2ccccc2[N+](=O)[O-])cc1. The molecule has 1 N–H and O–H groups in total. The van der Waals surface area contributed by atoms with Gasteiger partial charge >= 0.3 is 0 Å². The number of carbonyl (C=O) groups excluding carboxylic acids is 1. The van der Waals surface area contributed by atoms with E-state index >= 15 is 0 Å². The van der Waals surface area contributed by atoms with Crippen LogP contribution >= 0.6 is 0 Å². The van der Waals surface area contributed by atoms with Crippen molar-refractivity contribution in [1.29, 1.82) is 0 Å². The summed E-state index contributed by atoms with van der Waals surface area (Å²) in [5, 5.41) is 13.7. The third kappa shape index (κ3) is 4.30. The maximum Gasteiger partial charge on any atom is 0.282 e. The Morgan fingerprint density at radius 3 is 2.24 bits per heavy atom. The van der Waals surface area contributed by atoms with Crippen LogP contribution in [-0.2, 0) is 10.0 Å². The molecule has 0 aliphatic carbocycles. The second-order valence-electron chi connectivity index (χ2n) is 7.22. The molecule has 2 aromatic rings. The van der Waals surface area contributed by atoms with Gasteiger partial charge in [-0.3, -0.25) is 14.9 Å². The molecule has 0 bridgehead atoms. The first-order chi connectivity index (χ1) is 13.7. The minimum absolute atomic E-state index is 0.0647. The normalized spacial score (nSPS) is 20.2. The van der Waals surface area contributed by atoms with Crippen molar-refractivity contribution in [3.63, 3.8) is 0 Å². The lowest BCUT2D eigenvalue weighted by Gasteiger charge is -2.37. The van der Waals surface area contributed by atoms with E-state index in [0.717, 1.165) is 19.3 Å². The molecule has 0 aromatic heterocycles. The average molecular weight is 417 g/mol. The molecule has 0 radical (unpaired) electrons. The number of hydrogen-bond acceptors (Lipinski definition) is 5. The van der Waals surface area contributed by atoms with Crippen molar-refractivity contribution >= 4 is 27.3 Å². The fourth-order valence-electron chi connectivity index (χ4n) is 3.73. The maximum atomic E-state index is 13.0. The van der Waals surface area contributed by atoms with Gasteiger partial charge in [0.05, 0.1) is 9.82 Å². The Bertz CT molecular complexity index is 1010. The Morgan fingerprint density at radius 2 is 1.66 bits per heavy atom. The summed E-state index contributed by atoms with van der Waals surface area (Å²) in [5.74, 6) is -0.633. The molecule has 2 aromatic carbocycles. The van der Waals surface area contributed by atoms with E-state index in [1.165, 1.54) is 42.5 Å². The number of para-hydroxylation sites is 1. The molecule has 154 valence electrons. The maximum absolute atomic E-state index is 13.0. The number of sulfonamides is 1. The van der Waals surface area contributed by atoms with Crippen molar-refractivity contribution in [1.82, 2.24) is 4.31 Å². The molecule has 0 saturated carbocycles. The zero-order chi connectivity index (χ0) is 21.2. The molecule has 1 heterocycles. The fraction of sp³-hybridized carbons (Fsp3) is 0.350. The van der Waals surface area contributed by atoms with E-state index in [1.807, 2.05) is 13.8 Å². The van der Waals surface area contributed by atoms with Gasteiger partial charge in [-0.25, -0.2) is 8.42 Å². The summed E-state index contributed by atoms with van der Waals surface area (Å²) in [6.07, 6.45) is 2.66. The Balaban J connectivity index is 1.80. The number of carbonyl (C=O) groups is 1. The highest BCUT2D eigenvalue weighted by molar-refractivity contribution is 7.89. The summed E-state index contributed by atoms with van der Waals surface area (Å²) in [6.45, 7) is 3.82. The summed E-state index contributed by atoms with van der Waals surface area (Å²) in [7, 11) is -3.64. The largest absolute Gasteiger partial charge is 0.322 e. The summed E-state index contributed by atoms with van der Waals surface area (Å²) in [5.41, 5.74) is -0.00530. The number of amides is 1. The molecule has 3 rings (SSSR count). The Hall–Kier alpha value is -2.78. The minimum atomic E-state index is -3.64. The Labute approximate surface area is 169 Å². The zero-order valence-corrected chi connectivity index (χ0v) is 17.1. The van der Waals surface area contributed by atoms with E-state index < -0.39 is 20.9 Å². The second kappa shape index (κ2) is 8.30. The predicted molar refractivity (Wildman–Crippen MR) is 109 cm³/mol. The number of benzene rings is 2. The van der Waals surface area contributed by atoms with Crippen LogP contribution in [0.15, 0.2) is 53.4 Å². The molecule has 1 fully saturated rings. The van der Waals surface area contributed by atoms with E-state index in [1.54, 1.807) is 10.4 Å². The number of piperidine rings is 1. The lowest BCUT2D eigenvalue weighted by Crippen LogP contribution is -2.47. The molecule has 2 atom stereocenters. The molecule has 9 heteroatoms. The van der Waals surface area contributed by atoms with Crippen LogP contribution in [-0.4, -0.2) is 35.6 Å². The van der Waals surface area contributed by atoms with E-state index in [9.17, 15) is 23.3 Å². The summed E-state index contributed by atoms with van der Waals surface area (Å²) >= 11 is 0. The lowest BCUT2D eigenvalue weighted by atomic mass is 10.0. The molecular weight excluding hydrogens is 394 g/mol. The highest BCUT2D eigenvalue weighted by atomic mass is 32.2. The molecule has 8 nitrogen and oxygen atoms in total. The molecule has 1 amide bonds. The van der Waals surface area contributed by atoms with Crippen LogP contribution in [0.3, 0.4) is 0 Å². The number of nitrogens with zero attached hydrogens (tertiary/aromatic N) is 2.